The molecule has 1 aromatic heterocycles. The van der Waals surface area contributed by atoms with Crippen LogP contribution < -0.4 is 5.63 Å². The average Bonchev–Trinajstić information content (AvgIpc) is 2.48. The zero-order valence-corrected chi connectivity index (χ0v) is 11.9. The number of benzene rings is 2. The van der Waals surface area contributed by atoms with E-state index in [4.69, 9.17) is 16.0 Å². The van der Waals surface area contributed by atoms with Crippen LogP contribution in [-0.2, 0) is 6.42 Å². The van der Waals surface area contributed by atoms with Crippen molar-refractivity contribution >= 4 is 28.2 Å². The Morgan fingerprint density at radius 3 is 2.77 bits per heavy atom. The van der Waals surface area contributed by atoms with Gasteiger partial charge in [0.15, 0.2) is 0 Å². The van der Waals surface area contributed by atoms with Crippen LogP contribution in [0, 0.1) is 10.1 Å². The molecule has 0 saturated heterocycles. The number of nitro groups is 1. The lowest BCUT2D eigenvalue weighted by Gasteiger charge is -2.03. The Hall–Kier alpha value is -2.73. The number of nitrogens with zero attached hydrogens (tertiary/aromatic N) is 2. The van der Waals surface area contributed by atoms with Gasteiger partial charge in [-0.25, -0.2) is 9.78 Å². The Balaban J connectivity index is 2.07. The van der Waals surface area contributed by atoms with Crippen LogP contribution >= 0.6 is 11.6 Å². The molecule has 0 atom stereocenters. The quantitative estimate of drug-likeness (QED) is 0.546. The van der Waals surface area contributed by atoms with Gasteiger partial charge in [-0.05, 0) is 18.2 Å². The predicted octanol–water partition coefficient (Wildman–Crippen LogP) is 3.34. The molecule has 0 unspecified atom stereocenters. The molecule has 0 bridgehead atoms. The number of aromatic nitrogens is 1. The van der Waals surface area contributed by atoms with Gasteiger partial charge >= 0.3 is 5.63 Å². The van der Waals surface area contributed by atoms with Crippen LogP contribution in [0.1, 0.15) is 11.5 Å². The minimum absolute atomic E-state index is 0.0387. The molecule has 22 heavy (non-hydrogen) atoms. The molecule has 0 aliphatic rings. The lowest BCUT2D eigenvalue weighted by molar-refractivity contribution is -0.385. The van der Waals surface area contributed by atoms with E-state index in [0.717, 1.165) is 0 Å². The molecule has 1 heterocycles. The fraction of sp³-hybridized carbons (Fsp3) is 0.0667. The first-order valence-corrected chi connectivity index (χ1v) is 6.74. The zero-order valence-electron chi connectivity index (χ0n) is 11.2. The largest absolute Gasteiger partial charge is 0.408 e. The number of fused-ring (bicyclic) bond motifs is 1. The monoisotopic (exact) mass is 316 g/mol. The first-order valence-electron chi connectivity index (χ1n) is 6.36. The van der Waals surface area contributed by atoms with E-state index >= 15 is 0 Å². The van der Waals surface area contributed by atoms with E-state index in [1.165, 1.54) is 12.1 Å². The molecular weight excluding hydrogens is 308 g/mol. The van der Waals surface area contributed by atoms with E-state index in [2.05, 4.69) is 4.98 Å². The van der Waals surface area contributed by atoms with Crippen molar-refractivity contribution in [2.24, 2.45) is 0 Å². The summed E-state index contributed by atoms with van der Waals surface area (Å²) in [6.45, 7) is 0. The molecule has 7 heteroatoms. The summed E-state index contributed by atoms with van der Waals surface area (Å²) in [6, 6.07) is 11.0. The van der Waals surface area contributed by atoms with Gasteiger partial charge in [0.2, 0.25) is 5.89 Å². The first-order chi connectivity index (χ1) is 10.5. The lowest BCUT2D eigenvalue weighted by Crippen LogP contribution is -2.06. The van der Waals surface area contributed by atoms with Gasteiger partial charge < -0.3 is 4.42 Å². The van der Waals surface area contributed by atoms with E-state index in [-0.39, 0.29) is 23.4 Å². The van der Waals surface area contributed by atoms with Gasteiger partial charge in [0.1, 0.15) is 0 Å². The standard InChI is InChI=1S/C15H9ClN2O4/c16-10-5-6-12-11(8-10)15(19)22-14(17-12)7-9-3-1-2-4-13(9)18(20)21/h1-6,8H,7H2. The van der Waals surface area contributed by atoms with Crippen molar-refractivity contribution in [3.63, 3.8) is 0 Å². The summed E-state index contributed by atoms with van der Waals surface area (Å²) < 4.78 is 5.14. The highest BCUT2D eigenvalue weighted by Crippen LogP contribution is 2.21. The van der Waals surface area contributed by atoms with Crippen molar-refractivity contribution in [1.29, 1.82) is 0 Å². The van der Waals surface area contributed by atoms with Crippen molar-refractivity contribution in [3.05, 3.63) is 79.5 Å². The van der Waals surface area contributed by atoms with Crippen molar-refractivity contribution in [3.8, 4) is 0 Å². The molecule has 6 nitrogen and oxygen atoms in total. The molecule has 0 radical (unpaired) electrons. The van der Waals surface area contributed by atoms with E-state index in [1.54, 1.807) is 30.3 Å². The van der Waals surface area contributed by atoms with Gasteiger partial charge in [0.05, 0.1) is 22.2 Å². The van der Waals surface area contributed by atoms with Crippen LogP contribution in [0.25, 0.3) is 10.9 Å². The highest BCUT2D eigenvalue weighted by atomic mass is 35.5. The van der Waals surface area contributed by atoms with Gasteiger partial charge in [-0.2, -0.15) is 0 Å². The molecule has 0 spiro atoms. The third-order valence-electron chi connectivity index (χ3n) is 3.16. The number of rotatable bonds is 3. The number of hydrogen-bond acceptors (Lipinski definition) is 5. The number of para-hydroxylation sites is 1. The van der Waals surface area contributed by atoms with E-state index in [0.29, 0.717) is 16.1 Å². The molecule has 110 valence electrons. The minimum Gasteiger partial charge on any atom is -0.408 e. The van der Waals surface area contributed by atoms with Gasteiger partial charge in [0.25, 0.3) is 5.69 Å². The van der Waals surface area contributed by atoms with E-state index < -0.39 is 10.5 Å². The predicted molar refractivity (Wildman–Crippen MR) is 81.2 cm³/mol. The minimum atomic E-state index is -0.568. The molecule has 3 rings (SSSR count). The maximum atomic E-state index is 12.0. The number of halogens is 1. The summed E-state index contributed by atoms with van der Waals surface area (Å²) in [5, 5.41) is 11.7. The van der Waals surface area contributed by atoms with Crippen LogP contribution in [0.3, 0.4) is 0 Å². The second-order valence-electron chi connectivity index (χ2n) is 4.62. The second kappa shape index (κ2) is 5.57. The lowest BCUT2D eigenvalue weighted by atomic mass is 10.1. The molecule has 0 aliphatic heterocycles. The molecular formula is C15H9ClN2O4. The van der Waals surface area contributed by atoms with Gasteiger partial charge in [-0.15, -0.1) is 0 Å². The van der Waals surface area contributed by atoms with Crippen molar-refractivity contribution in [1.82, 2.24) is 4.98 Å². The third kappa shape index (κ3) is 2.68. The van der Waals surface area contributed by atoms with Crippen molar-refractivity contribution in [2.75, 3.05) is 0 Å². The Labute approximate surface area is 129 Å². The maximum absolute atomic E-state index is 12.0. The van der Waals surface area contributed by atoms with E-state index in [1.807, 2.05) is 0 Å². The molecule has 0 fully saturated rings. The summed E-state index contributed by atoms with van der Waals surface area (Å²) in [4.78, 5) is 26.7. The maximum Gasteiger partial charge on any atom is 0.346 e. The van der Waals surface area contributed by atoms with Crippen LogP contribution in [-0.4, -0.2) is 9.91 Å². The summed E-state index contributed by atoms with van der Waals surface area (Å²) in [5.74, 6) is 0.120. The van der Waals surface area contributed by atoms with Gasteiger partial charge in [-0.1, -0.05) is 29.8 Å². The summed E-state index contributed by atoms with van der Waals surface area (Å²) in [7, 11) is 0. The fourth-order valence-corrected chi connectivity index (χ4v) is 2.34. The molecule has 0 saturated carbocycles. The Kier molecular flexibility index (Phi) is 3.60. The molecule has 0 N–H and O–H groups in total. The van der Waals surface area contributed by atoms with Crippen LogP contribution in [0.2, 0.25) is 5.02 Å². The van der Waals surface area contributed by atoms with Gasteiger partial charge in [-0.3, -0.25) is 10.1 Å². The highest BCUT2D eigenvalue weighted by Gasteiger charge is 2.15. The second-order valence-corrected chi connectivity index (χ2v) is 5.06. The molecule has 0 amide bonds. The topological polar surface area (TPSA) is 86.2 Å². The third-order valence-corrected chi connectivity index (χ3v) is 3.40. The highest BCUT2D eigenvalue weighted by molar-refractivity contribution is 6.31. The normalized spacial score (nSPS) is 10.8. The molecule has 3 aromatic rings. The van der Waals surface area contributed by atoms with Crippen LogP contribution in [0.4, 0.5) is 5.69 Å². The zero-order chi connectivity index (χ0) is 15.7. The smallest absolute Gasteiger partial charge is 0.346 e. The fourth-order valence-electron chi connectivity index (χ4n) is 2.17. The first kappa shape index (κ1) is 14.2. The Bertz CT molecular complexity index is 936. The summed E-state index contributed by atoms with van der Waals surface area (Å²) >= 11 is 5.83. The van der Waals surface area contributed by atoms with Gasteiger partial charge in [0, 0.05) is 16.7 Å². The summed E-state index contributed by atoms with van der Waals surface area (Å²) in [5.41, 5.74) is 0.259. The van der Waals surface area contributed by atoms with Crippen molar-refractivity contribution in [2.45, 2.75) is 6.42 Å². The van der Waals surface area contributed by atoms with E-state index in [9.17, 15) is 14.9 Å². The number of nitro benzene ring substituents is 1. The summed E-state index contributed by atoms with van der Waals surface area (Å²) in [6.07, 6.45) is 0.0605. The Morgan fingerprint density at radius 2 is 2.00 bits per heavy atom. The number of hydrogen-bond donors (Lipinski definition) is 0. The van der Waals surface area contributed by atoms with Crippen molar-refractivity contribution < 1.29 is 9.34 Å². The average molecular weight is 317 g/mol. The molecule has 2 aromatic carbocycles. The van der Waals surface area contributed by atoms with Crippen LogP contribution in [0.5, 0.6) is 0 Å². The Morgan fingerprint density at radius 1 is 1.23 bits per heavy atom. The SMILES string of the molecule is O=c1oc(Cc2ccccc2[N+](=O)[O-])nc2ccc(Cl)cc12. The molecule has 0 aliphatic carbocycles. The van der Waals surface area contributed by atoms with Crippen LogP contribution in [0.15, 0.2) is 51.7 Å².